The second-order valence-electron chi connectivity index (χ2n) is 7.95. The fraction of sp³-hybridized carbons (Fsp3) is 0.455. The highest BCUT2D eigenvalue weighted by molar-refractivity contribution is 7.89. The van der Waals surface area contributed by atoms with Crippen molar-refractivity contribution in [2.24, 2.45) is 0 Å². The third-order valence-corrected chi connectivity index (χ3v) is 7.94. The molecule has 2 aliphatic rings. The zero-order valence-electron chi connectivity index (χ0n) is 18.6. The summed E-state index contributed by atoms with van der Waals surface area (Å²) in [7, 11) is -2.27. The molecule has 2 heterocycles. The van der Waals surface area contributed by atoms with Crippen LogP contribution in [-0.2, 0) is 14.8 Å². The number of nitro groups is 1. The van der Waals surface area contributed by atoms with Gasteiger partial charge in [0.15, 0.2) is 0 Å². The lowest BCUT2D eigenvalue weighted by Crippen LogP contribution is -2.41. The van der Waals surface area contributed by atoms with Gasteiger partial charge in [0, 0.05) is 57.1 Å². The molecule has 2 saturated heterocycles. The van der Waals surface area contributed by atoms with E-state index in [1.54, 1.807) is 13.2 Å². The first-order chi connectivity index (χ1) is 15.9. The van der Waals surface area contributed by atoms with E-state index in [-0.39, 0.29) is 23.7 Å². The predicted octanol–water partition coefficient (Wildman–Crippen LogP) is 2.34. The zero-order valence-corrected chi connectivity index (χ0v) is 19.4. The van der Waals surface area contributed by atoms with Crippen LogP contribution in [0.4, 0.5) is 17.1 Å². The Morgan fingerprint density at radius 3 is 2.27 bits per heavy atom. The van der Waals surface area contributed by atoms with Crippen LogP contribution in [0.2, 0.25) is 0 Å². The van der Waals surface area contributed by atoms with Crippen LogP contribution in [0.25, 0.3) is 0 Å². The SMILES string of the molecule is COc1ccc(N2CCCN(c3ccc([N+](=O)[O-])cc3S(=O)(=O)N3CCOCC3)CC2)cc1. The van der Waals surface area contributed by atoms with E-state index in [0.717, 1.165) is 24.4 Å². The standard InChI is InChI=1S/C22H28N4O6S/c1-31-20-6-3-18(4-7-20)23-9-2-10-24(12-11-23)21-8-5-19(26(27)28)17-22(21)33(29,30)25-13-15-32-16-14-25/h3-8,17H,2,9-16H2,1H3. The molecule has 0 radical (unpaired) electrons. The van der Waals surface area contributed by atoms with Gasteiger partial charge in [-0.25, -0.2) is 8.42 Å². The van der Waals surface area contributed by atoms with Crippen molar-refractivity contribution in [2.75, 3.05) is 69.4 Å². The second-order valence-corrected chi connectivity index (χ2v) is 9.86. The minimum absolute atomic E-state index is 0.0171. The van der Waals surface area contributed by atoms with Crippen LogP contribution < -0.4 is 14.5 Å². The molecular formula is C22H28N4O6S. The number of methoxy groups -OCH3 is 1. The van der Waals surface area contributed by atoms with Crippen LogP contribution in [0.1, 0.15) is 6.42 Å². The normalized spacial score (nSPS) is 18.1. The fourth-order valence-corrected chi connectivity index (χ4v) is 5.86. The molecule has 2 fully saturated rings. The Kier molecular flexibility index (Phi) is 7.01. The summed E-state index contributed by atoms with van der Waals surface area (Å²) in [4.78, 5) is 15.1. The highest BCUT2D eigenvalue weighted by Gasteiger charge is 2.32. The van der Waals surface area contributed by atoms with Crippen molar-refractivity contribution in [1.29, 1.82) is 0 Å². The number of sulfonamides is 1. The number of hydrogen-bond acceptors (Lipinski definition) is 8. The van der Waals surface area contributed by atoms with Gasteiger partial charge in [0.2, 0.25) is 10.0 Å². The average molecular weight is 477 g/mol. The average Bonchev–Trinajstić information content (AvgIpc) is 3.10. The van der Waals surface area contributed by atoms with E-state index in [4.69, 9.17) is 9.47 Å². The van der Waals surface area contributed by atoms with Gasteiger partial charge in [0.25, 0.3) is 5.69 Å². The van der Waals surface area contributed by atoms with Crippen molar-refractivity contribution in [3.8, 4) is 5.75 Å². The van der Waals surface area contributed by atoms with Gasteiger partial charge in [-0.15, -0.1) is 0 Å². The van der Waals surface area contributed by atoms with Crippen LogP contribution in [0.5, 0.6) is 5.75 Å². The molecule has 0 amide bonds. The molecule has 0 N–H and O–H groups in total. The van der Waals surface area contributed by atoms with Crippen molar-refractivity contribution >= 4 is 27.1 Å². The number of nitro benzene ring substituents is 1. The third-order valence-electron chi connectivity index (χ3n) is 6.02. The van der Waals surface area contributed by atoms with Crippen molar-refractivity contribution in [3.05, 3.63) is 52.6 Å². The molecule has 2 aromatic rings. The molecule has 0 atom stereocenters. The molecule has 0 bridgehead atoms. The molecule has 4 rings (SSSR count). The minimum Gasteiger partial charge on any atom is -0.497 e. The summed E-state index contributed by atoms with van der Waals surface area (Å²) in [5.41, 5.74) is 1.34. The summed E-state index contributed by atoms with van der Waals surface area (Å²) in [6.45, 7) is 3.84. The number of rotatable bonds is 6. The van der Waals surface area contributed by atoms with Gasteiger partial charge in [-0.05, 0) is 36.8 Å². The van der Waals surface area contributed by atoms with Crippen molar-refractivity contribution < 1.29 is 22.8 Å². The number of benzene rings is 2. The molecule has 0 unspecified atom stereocenters. The van der Waals surface area contributed by atoms with Crippen molar-refractivity contribution in [3.63, 3.8) is 0 Å². The van der Waals surface area contributed by atoms with Crippen molar-refractivity contribution in [1.82, 2.24) is 4.31 Å². The second kappa shape index (κ2) is 9.94. The fourth-order valence-electron chi connectivity index (χ4n) is 4.22. The lowest BCUT2D eigenvalue weighted by Gasteiger charge is -2.30. The molecule has 11 heteroatoms. The Labute approximate surface area is 193 Å². The quantitative estimate of drug-likeness (QED) is 0.462. The first kappa shape index (κ1) is 23.3. The van der Waals surface area contributed by atoms with Gasteiger partial charge in [-0.2, -0.15) is 4.31 Å². The summed E-state index contributed by atoms with van der Waals surface area (Å²) in [5.74, 6) is 0.791. The summed E-state index contributed by atoms with van der Waals surface area (Å²) in [6.07, 6.45) is 0.820. The molecule has 2 aromatic carbocycles. The molecule has 178 valence electrons. The lowest BCUT2D eigenvalue weighted by molar-refractivity contribution is -0.385. The van der Waals surface area contributed by atoms with E-state index in [1.165, 1.54) is 16.4 Å². The summed E-state index contributed by atoms with van der Waals surface area (Å²) in [5, 5.41) is 11.4. The largest absolute Gasteiger partial charge is 0.497 e. The Morgan fingerprint density at radius 2 is 1.61 bits per heavy atom. The monoisotopic (exact) mass is 476 g/mol. The summed E-state index contributed by atoms with van der Waals surface area (Å²) in [6, 6.07) is 12.0. The molecule has 0 saturated carbocycles. The van der Waals surface area contributed by atoms with E-state index >= 15 is 0 Å². The van der Waals surface area contributed by atoms with Gasteiger partial charge < -0.3 is 19.3 Å². The molecule has 2 aliphatic heterocycles. The Bertz CT molecular complexity index is 1090. The molecule has 33 heavy (non-hydrogen) atoms. The van der Waals surface area contributed by atoms with Crippen LogP contribution in [0, 0.1) is 10.1 Å². The maximum absolute atomic E-state index is 13.5. The van der Waals surface area contributed by atoms with Crippen LogP contribution in [-0.4, -0.2) is 77.2 Å². The van der Waals surface area contributed by atoms with E-state index in [1.807, 2.05) is 29.2 Å². The number of nitrogens with zero attached hydrogens (tertiary/aromatic N) is 4. The topological polar surface area (TPSA) is 105 Å². The van der Waals surface area contributed by atoms with Crippen molar-refractivity contribution in [2.45, 2.75) is 11.3 Å². The predicted molar refractivity (Wildman–Crippen MR) is 125 cm³/mol. The number of ether oxygens (including phenoxy) is 2. The summed E-state index contributed by atoms with van der Waals surface area (Å²) < 4.78 is 38.8. The number of hydrogen-bond donors (Lipinski definition) is 0. The molecule has 0 aliphatic carbocycles. The van der Waals surface area contributed by atoms with E-state index < -0.39 is 14.9 Å². The number of morpholine rings is 1. The van der Waals surface area contributed by atoms with E-state index in [9.17, 15) is 18.5 Å². The van der Waals surface area contributed by atoms with Gasteiger partial charge >= 0.3 is 0 Å². The maximum Gasteiger partial charge on any atom is 0.270 e. The highest BCUT2D eigenvalue weighted by atomic mass is 32.2. The van der Waals surface area contributed by atoms with Gasteiger partial charge in [0.05, 0.1) is 30.9 Å². The third kappa shape index (κ3) is 5.05. The Hall–Kier alpha value is -2.89. The molecule has 10 nitrogen and oxygen atoms in total. The van der Waals surface area contributed by atoms with E-state index in [0.29, 0.717) is 38.5 Å². The molecule has 0 spiro atoms. The van der Waals surface area contributed by atoms with Gasteiger partial charge in [0.1, 0.15) is 10.6 Å². The first-order valence-corrected chi connectivity index (χ1v) is 12.3. The lowest BCUT2D eigenvalue weighted by atomic mass is 10.2. The highest BCUT2D eigenvalue weighted by Crippen LogP contribution is 2.33. The van der Waals surface area contributed by atoms with E-state index in [2.05, 4.69) is 4.90 Å². The molecular weight excluding hydrogens is 448 g/mol. The number of non-ortho nitro benzene ring substituents is 1. The van der Waals surface area contributed by atoms with Crippen LogP contribution in [0.15, 0.2) is 47.4 Å². The van der Waals surface area contributed by atoms with Crippen LogP contribution in [0.3, 0.4) is 0 Å². The smallest absolute Gasteiger partial charge is 0.270 e. The zero-order chi connectivity index (χ0) is 23.4. The van der Waals surface area contributed by atoms with Crippen LogP contribution >= 0.6 is 0 Å². The van der Waals surface area contributed by atoms with Gasteiger partial charge in [-0.1, -0.05) is 0 Å². The Balaban J connectivity index is 1.61. The Morgan fingerprint density at radius 1 is 0.939 bits per heavy atom. The maximum atomic E-state index is 13.5. The minimum atomic E-state index is -3.90. The first-order valence-electron chi connectivity index (χ1n) is 10.9. The molecule has 0 aromatic heterocycles. The van der Waals surface area contributed by atoms with Gasteiger partial charge in [-0.3, -0.25) is 10.1 Å². The summed E-state index contributed by atoms with van der Waals surface area (Å²) >= 11 is 0. The number of anilines is 2.